The first kappa shape index (κ1) is 23.4. The second kappa shape index (κ2) is 10.9. The van der Waals surface area contributed by atoms with E-state index < -0.39 is 8.53 Å². The zero-order chi connectivity index (χ0) is 21.0. The van der Waals surface area contributed by atoms with Crippen molar-refractivity contribution in [2.45, 2.75) is 26.3 Å². The average Bonchev–Trinajstić information content (AvgIpc) is 3.05. The molecule has 0 spiro atoms. The van der Waals surface area contributed by atoms with E-state index in [-0.39, 0.29) is 6.04 Å². The number of hydroxylamine groups is 1. The molecule has 1 atom stereocenters. The molecule has 0 aliphatic carbocycles. The van der Waals surface area contributed by atoms with Crippen LogP contribution in [0.15, 0.2) is 46.9 Å². The average molecular weight is 537 g/mol. The molecule has 0 saturated carbocycles. The summed E-state index contributed by atoms with van der Waals surface area (Å²) in [7, 11) is -1.62. The number of halogens is 3. The van der Waals surface area contributed by atoms with Crippen LogP contribution >= 0.6 is 59.0 Å². The van der Waals surface area contributed by atoms with Crippen LogP contribution < -0.4 is 0 Å². The predicted molar refractivity (Wildman–Crippen MR) is 126 cm³/mol. The van der Waals surface area contributed by atoms with E-state index in [9.17, 15) is 5.21 Å². The van der Waals surface area contributed by atoms with Crippen molar-refractivity contribution in [3.63, 3.8) is 0 Å². The largest absolute Gasteiger partial charge is 0.321 e. The lowest BCUT2D eigenvalue weighted by molar-refractivity contribution is -0.0588. The monoisotopic (exact) mass is 535 g/mol. The molecule has 2 aromatic carbocycles. The van der Waals surface area contributed by atoms with E-state index in [1.807, 2.05) is 38.1 Å². The van der Waals surface area contributed by atoms with Crippen LogP contribution in [0.5, 0.6) is 0 Å². The predicted octanol–water partition coefficient (Wildman–Crippen LogP) is 8.25. The van der Waals surface area contributed by atoms with Crippen molar-refractivity contribution in [3.05, 3.63) is 67.4 Å². The molecule has 1 heterocycles. The highest BCUT2D eigenvalue weighted by Crippen LogP contribution is 2.51. The Morgan fingerprint density at radius 1 is 1.10 bits per heavy atom. The zero-order valence-corrected chi connectivity index (χ0v) is 20.7. The second-order valence-corrected chi connectivity index (χ2v) is 10.2. The maximum absolute atomic E-state index is 11.2. The van der Waals surface area contributed by atoms with Gasteiger partial charge in [-0.25, -0.2) is 0 Å². The van der Waals surface area contributed by atoms with Gasteiger partial charge in [0.1, 0.15) is 0 Å². The van der Waals surface area contributed by atoms with Crippen LogP contribution in [-0.2, 0) is 15.5 Å². The van der Waals surface area contributed by atoms with Crippen molar-refractivity contribution in [3.8, 4) is 0 Å². The summed E-state index contributed by atoms with van der Waals surface area (Å²) in [5, 5.41) is 13.3. The summed E-state index contributed by atoms with van der Waals surface area (Å²) >= 11 is 17.7. The van der Waals surface area contributed by atoms with Crippen molar-refractivity contribution in [2.75, 3.05) is 13.2 Å². The Kier molecular flexibility index (Phi) is 8.75. The molecule has 156 valence electrons. The SMILES string of the molecule is CCOP(OCC)N(O)C(Cc1ccc(Cl)c(Cl)c1)c1sc2ccccc2c1Br. The van der Waals surface area contributed by atoms with Gasteiger partial charge in [0.05, 0.1) is 29.3 Å². The number of hydrogen-bond donors (Lipinski definition) is 1. The lowest BCUT2D eigenvalue weighted by Gasteiger charge is -2.30. The fourth-order valence-electron chi connectivity index (χ4n) is 2.91. The number of thiophene rings is 1. The minimum Gasteiger partial charge on any atom is -0.321 e. The van der Waals surface area contributed by atoms with Crippen molar-refractivity contribution in [2.24, 2.45) is 0 Å². The van der Waals surface area contributed by atoms with Gasteiger partial charge in [0.15, 0.2) is 0 Å². The Hall–Kier alpha value is -0.270. The van der Waals surface area contributed by atoms with Gasteiger partial charge in [0.2, 0.25) is 0 Å². The molecule has 1 N–H and O–H groups in total. The summed E-state index contributed by atoms with van der Waals surface area (Å²) in [4.78, 5) is 2.20. The summed E-state index contributed by atoms with van der Waals surface area (Å²) in [5.74, 6) is 0. The highest BCUT2D eigenvalue weighted by molar-refractivity contribution is 9.10. The van der Waals surface area contributed by atoms with Crippen molar-refractivity contribution in [1.29, 1.82) is 0 Å². The molecule has 0 aliphatic rings. The fraction of sp³-hybridized carbons (Fsp3) is 0.300. The lowest BCUT2D eigenvalue weighted by atomic mass is 10.0. The summed E-state index contributed by atoms with van der Waals surface area (Å²) in [5.41, 5.74) is 0.954. The Morgan fingerprint density at radius 2 is 1.79 bits per heavy atom. The number of nitrogens with zero attached hydrogens (tertiary/aromatic N) is 1. The van der Waals surface area contributed by atoms with Gasteiger partial charge < -0.3 is 14.3 Å². The second-order valence-electron chi connectivity index (χ2n) is 6.14. The van der Waals surface area contributed by atoms with E-state index in [1.165, 1.54) is 4.83 Å². The highest BCUT2D eigenvalue weighted by atomic mass is 79.9. The minimum atomic E-state index is -1.62. The van der Waals surface area contributed by atoms with Crippen LogP contribution in [0.4, 0.5) is 0 Å². The van der Waals surface area contributed by atoms with Gasteiger partial charge in [0, 0.05) is 19.4 Å². The Labute approximate surface area is 194 Å². The maximum atomic E-state index is 11.2. The molecule has 1 aromatic heterocycles. The van der Waals surface area contributed by atoms with Gasteiger partial charge in [-0.1, -0.05) is 47.5 Å². The van der Waals surface area contributed by atoms with Gasteiger partial charge in [-0.05, 0) is 60.0 Å². The maximum Gasteiger partial charge on any atom is 0.284 e. The van der Waals surface area contributed by atoms with Gasteiger partial charge >= 0.3 is 0 Å². The molecule has 0 amide bonds. The van der Waals surface area contributed by atoms with Crippen LogP contribution in [0, 0.1) is 0 Å². The molecule has 1 unspecified atom stereocenters. The molecule has 4 nitrogen and oxygen atoms in total. The topological polar surface area (TPSA) is 41.9 Å². The third-order valence-electron chi connectivity index (χ3n) is 4.20. The Bertz CT molecular complexity index is 968. The normalized spacial score (nSPS) is 13.0. The molecule has 29 heavy (non-hydrogen) atoms. The van der Waals surface area contributed by atoms with E-state index in [0.717, 1.165) is 25.0 Å². The molecule has 0 fully saturated rings. The summed E-state index contributed by atoms with van der Waals surface area (Å²) in [6.45, 7) is 4.64. The first-order valence-electron chi connectivity index (χ1n) is 9.11. The number of fused-ring (bicyclic) bond motifs is 1. The van der Waals surface area contributed by atoms with Crippen LogP contribution in [0.25, 0.3) is 10.1 Å². The van der Waals surface area contributed by atoms with Crippen LogP contribution in [0.1, 0.15) is 30.3 Å². The van der Waals surface area contributed by atoms with E-state index in [0.29, 0.717) is 29.7 Å². The molecular weight excluding hydrogens is 516 g/mol. The molecule has 3 aromatic rings. The first-order chi connectivity index (χ1) is 14.0. The molecule has 0 saturated heterocycles. The van der Waals surface area contributed by atoms with E-state index in [2.05, 4.69) is 28.1 Å². The minimum absolute atomic E-state index is 0.386. The summed E-state index contributed by atoms with van der Waals surface area (Å²) in [6, 6.07) is 13.3. The fourth-order valence-corrected chi connectivity index (χ4v) is 6.65. The molecule has 3 rings (SSSR count). The Morgan fingerprint density at radius 3 is 2.41 bits per heavy atom. The third kappa shape index (κ3) is 5.51. The van der Waals surface area contributed by atoms with Gasteiger partial charge in [0.25, 0.3) is 8.53 Å². The first-order valence-corrected chi connectivity index (χ1v) is 12.6. The van der Waals surface area contributed by atoms with Crippen LogP contribution in [0.3, 0.4) is 0 Å². The molecule has 9 heteroatoms. The van der Waals surface area contributed by atoms with Crippen LogP contribution in [0.2, 0.25) is 10.0 Å². The van der Waals surface area contributed by atoms with Crippen LogP contribution in [-0.4, -0.2) is 23.3 Å². The third-order valence-corrected chi connectivity index (χ3v) is 8.90. The standard InChI is InChI=1S/C20H21BrCl2NO3PS/c1-3-26-28(27-4-2)24(25)17(12-13-9-10-15(22)16(23)11-13)20-19(21)14-7-5-6-8-18(14)29-20/h5-11,17,25H,3-4,12H2,1-2H3. The number of hydrogen-bond acceptors (Lipinski definition) is 5. The van der Waals surface area contributed by atoms with E-state index >= 15 is 0 Å². The summed E-state index contributed by atoms with van der Waals surface area (Å²) in [6.07, 6.45) is 0.512. The molecule has 0 aliphatic heterocycles. The Balaban J connectivity index is 2.04. The van der Waals surface area contributed by atoms with E-state index in [4.69, 9.17) is 32.2 Å². The summed E-state index contributed by atoms with van der Waals surface area (Å²) < 4.78 is 13.5. The van der Waals surface area contributed by atoms with E-state index in [1.54, 1.807) is 17.4 Å². The number of benzene rings is 2. The smallest absolute Gasteiger partial charge is 0.284 e. The molecule has 0 radical (unpaired) electrons. The van der Waals surface area contributed by atoms with Gasteiger partial charge in [-0.3, -0.25) is 0 Å². The van der Waals surface area contributed by atoms with Gasteiger partial charge in [-0.15, -0.1) is 16.2 Å². The lowest BCUT2D eigenvalue weighted by Crippen LogP contribution is -2.24. The van der Waals surface area contributed by atoms with Crippen molar-refractivity contribution in [1.82, 2.24) is 4.83 Å². The van der Waals surface area contributed by atoms with Gasteiger partial charge in [-0.2, -0.15) is 0 Å². The highest BCUT2D eigenvalue weighted by Gasteiger charge is 2.32. The van der Waals surface area contributed by atoms with Crippen molar-refractivity contribution >= 4 is 69.1 Å². The molecule has 0 bridgehead atoms. The zero-order valence-electron chi connectivity index (χ0n) is 15.9. The quantitative estimate of drug-likeness (QED) is 0.221. The van der Waals surface area contributed by atoms with Crippen molar-refractivity contribution < 1.29 is 14.3 Å². The molecular formula is C20H21BrCl2NO3PS. The number of rotatable bonds is 9.